The summed E-state index contributed by atoms with van der Waals surface area (Å²) in [7, 11) is -0.347. The lowest BCUT2D eigenvalue weighted by atomic mass is 10.2. The van der Waals surface area contributed by atoms with E-state index in [-0.39, 0.29) is 23.4 Å². The fourth-order valence-electron chi connectivity index (χ4n) is 1.70. The molecule has 0 fully saturated rings. The number of anilines is 1. The van der Waals surface area contributed by atoms with Crippen LogP contribution >= 0.6 is 0 Å². The van der Waals surface area contributed by atoms with E-state index in [0.29, 0.717) is 5.69 Å². The largest absolute Gasteiger partial charge is 0.325 e. The molecule has 0 aliphatic carbocycles. The van der Waals surface area contributed by atoms with Gasteiger partial charge in [0, 0.05) is 18.8 Å². The number of rotatable bonds is 6. The van der Waals surface area contributed by atoms with Crippen molar-refractivity contribution in [2.24, 2.45) is 0 Å². The van der Waals surface area contributed by atoms with Crippen LogP contribution in [0.15, 0.2) is 23.1 Å². The number of sulfonamides is 1. The number of nitrogens with one attached hydrogen (secondary N) is 2. The molecule has 0 saturated heterocycles. The molecule has 6 nitrogen and oxygen atoms in total. The van der Waals surface area contributed by atoms with Gasteiger partial charge in [-0.15, -0.1) is 0 Å². The van der Waals surface area contributed by atoms with Crippen LogP contribution in [-0.2, 0) is 14.8 Å². The fourth-order valence-corrected chi connectivity index (χ4v) is 3.09. The van der Waals surface area contributed by atoms with Gasteiger partial charge >= 0.3 is 0 Å². The average Bonchev–Trinajstić information content (AvgIpc) is 2.40. The average molecular weight is 313 g/mol. The molecule has 1 aromatic rings. The molecular weight excluding hydrogens is 290 g/mol. The third-order valence-electron chi connectivity index (χ3n) is 3.22. The summed E-state index contributed by atoms with van der Waals surface area (Å²) in [6.07, 6.45) is 0. The van der Waals surface area contributed by atoms with Crippen LogP contribution in [0, 0.1) is 6.92 Å². The van der Waals surface area contributed by atoms with Gasteiger partial charge < -0.3 is 10.6 Å². The second-order valence-corrected chi connectivity index (χ2v) is 7.17. The fraction of sp³-hybridized carbons (Fsp3) is 0.500. The molecule has 2 N–H and O–H groups in total. The quantitative estimate of drug-likeness (QED) is 0.827. The van der Waals surface area contributed by atoms with Gasteiger partial charge in [-0.2, -0.15) is 4.31 Å². The van der Waals surface area contributed by atoms with Gasteiger partial charge in [-0.1, -0.05) is 6.07 Å². The van der Waals surface area contributed by atoms with Crippen molar-refractivity contribution >= 4 is 21.6 Å². The Labute approximate surface area is 126 Å². The number of nitrogens with zero attached hydrogens (tertiary/aromatic N) is 1. The molecule has 1 aromatic carbocycles. The number of carbonyl (C=O) groups excluding carboxylic acids is 1. The van der Waals surface area contributed by atoms with Crippen molar-refractivity contribution in [3.63, 3.8) is 0 Å². The maximum absolute atomic E-state index is 12.4. The van der Waals surface area contributed by atoms with Gasteiger partial charge in [0.2, 0.25) is 15.9 Å². The number of hydrogen-bond acceptors (Lipinski definition) is 4. The summed E-state index contributed by atoms with van der Waals surface area (Å²) in [5.74, 6) is -0.215. The summed E-state index contributed by atoms with van der Waals surface area (Å²) in [6.45, 7) is 5.60. The van der Waals surface area contributed by atoms with Crippen LogP contribution in [-0.4, -0.2) is 45.3 Å². The van der Waals surface area contributed by atoms with Gasteiger partial charge in [0.1, 0.15) is 0 Å². The summed E-state index contributed by atoms with van der Waals surface area (Å²) < 4.78 is 26.2. The third-order valence-corrected chi connectivity index (χ3v) is 5.25. The molecule has 7 heteroatoms. The van der Waals surface area contributed by atoms with Crippen molar-refractivity contribution in [1.82, 2.24) is 9.62 Å². The van der Waals surface area contributed by atoms with E-state index in [9.17, 15) is 13.2 Å². The minimum absolute atomic E-state index is 0.140. The predicted octanol–water partition coefficient (Wildman–Crippen LogP) is 1.18. The molecule has 0 aliphatic rings. The zero-order valence-electron chi connectivity index (χ0n) is 13.1. The minimum atomic E-state index is -3.56. The summed E-state index contributed by atoms with van der Waals surface area (Å²) in [5, 5.41) is 5.45. The summed E-state index contributed by atoms with van der Waals surface area (Å²) in [4.78, 5) is 11.8. The Morgan fingerprint density at radius 3 is 2.48 bits per heavy atom. The highest BCUT2D eigenvalue weighted by Crippen LogP contribution is 2.23. The molecule has 0 aromatic heterocycles. The minimum Gasteiger partial charge on any atom is -0.325 e. The van der Waals surface area contributed by atoms with E-state index in [0.717, 1.165) is 5.56 Å². The van der Waals surface area contributed by atoms with E-state index >= 15 is 0 Å². The number of benzene rings is 1. The monoisotopic (exact) mass is 313 g/mol. The van der Waals surface area contributed by atoms with E-state index in [1.165, 1.54) is 10.4 Å². The van der Waals surface area contributed by atoms with Crippen molar-refractivity contribution < 1.29 is 13.2 Å². The molecule has 0 saturated carbocycles. The standard InChI is InChI=1S/C14H23N3O3S/c1-10(2)17(5)21(19,20)12-7-6-11(3)13(8-12)16-14(18)9-15-4/h6-8,10,15H,9H2,1-5H3,(H,16,18). The van der Waals surface area contributed by atoms with Gasteiger partial charge in [-0.25, -0.2) is 8.42 Å². The first kappa shape index (κ1) is 17.6. The predicted molar refractivity (Wildman–Crippen MR) is 83.8 cm³/mol. The van der Waals surface area contributed by atoms with Crippen LogP contribution in [0.25, 0.3) is 0 Å². The van der Waals surface area contributed by atoms with Crippen molar-refractivity contribution in [2.45, 2.75) is 31.7 Å². The van der Waals surface area contributed by atoms with Crippen LogP contribution in [0.3, 0.4) is 0 Å². The van der Waals surface area contributed by atoms with Gasteiger partial charge in [0.25, 0.3) is 0 Å². The first-order chi connectivity index (χ1) is 9.70. The van der Waals surface area contributed by atoms with Gasteiger partial charge in [0.05, 0.1) is 11.4 Å². The number of likely N-dealkylation sites (N-methyl/N-ethyl adjacent to an activating group) is 1. The normalized spacial score (nSPS) is 12.0. The molecule has 21 heavy (non-hydrogen) atoms. The lowest BCUT2D eigenvalue weighted by Crippen LogP contribution is -2.33. The smallest absolute Gasteiger partial charge is 0.243 e. The number of amides is 1. The molecule has 118 valence electrons. The highest BCUT2D eigenvalue weighted by atomic mass is 32.2. The van der Waals surface area contributed by atoms with Crippen LogP contribution < -0.4 is 10.6 Å². The van der Waals surface area contributed by atoms with Gasteiger partial charge in [0.15, 0.2) is 0 Å². The first-order valence-electron chi connectivity index (χ1n) is 6.73. The Morgan fingerprint density at radius 2 is 1.95 bits per heavy atom. The first-order valence-corrected chi connectivity index (χ1v) is 8.17. The highest BCUT2D eigenvalue weighted by molar-refractivity contribution is 7.89. The summed E-state index contributed by atoms with van der Waals surface area (Å²) >= 11 is 0. The Balaban J connectivity index is 3.15. The van der Waals surface area contributed by atoms with Gasteiger partial charge in [-0.3, -0.25) is 4.79 Å². The summed E-state index contributed by atoms with van der Waals surface area (Å²) in [6, 6.07) is 4.60. The van der Waals surface area contributed by atoms with E-state index in [1.54, 1.807) is 40.1 Å². The molecule has 0 heterocycles. The van der Waals surface area contributed by atoms with Crippen molar-refractivity contribution in [2.75, 3.05) is 26.0 Å². The molecule has 0 aliphatic heterocycles. The van der Waals surface area contributed by atoms with E-state index in [1.807, 2.05) is 6.92 Å². The molecule has 0 spiro atoms. The third kappa shape index (κ3) is 4.26. The second kappa shape index (κ2) is 7.02. The molecule has 0 radical (unpaired) electrons. The maximum atomic E-state index is 12.4. The number of carbonyl (C=O) groups is 1. The topological polar surface area (TPSA) is 78.5 Å². The SMILES string of the molecule is CNCC(=O)Nc1cc(S(=O)(=O)N(C)C(C)C)ccc1C. The lowest BCUT2D eigenvalue weighted by molar-refractivity contribution is -0.115. The molecular formula is C14H23N3O3S. The number of hydrogen-bond donors (Lipinski definition) is 2. The Hall–Kier alpha value is -1.44. The Bertz CT molecular complexity index is 612. The van der Waals surface area contributed by atoms with Gasteiger partial charge in [-0.05, 0) is 45.5 Å². The highest BCUT2D eigenvalue weighted by Gasteiger charge is 2.23. The lowest BCUT2D eigenvalue weighted by Gasteiger charge is -2.21. The molecule has 0 atom stereocenters. The van der Waals surface area contributed by atoms with E-state index in [2.05, 4.69) is 10.6 Å². The van der Waals surface area contributed by atoms with Crippen molar-refractivity contribution in [3.05, 3.63) is 23.8 Å². The van der Waals surface area contributed by atoms with Crippen molar-refractivity contribution in [3.8, 4) is 0 Å². The van der Waals surface area contributed by atoms with E-state index < -0.39 is 10.0 Å². The summed E-state index contributed by atoms with van der Waals surface area (Å²) in [5.41, 5.74) is 1.32. The number of aryl methyl sites for hydroxylation is 1. The maximum Gasteiger partial charge on any atom is 0.243 e. The second-order valence-electron chi connectivity index (χ2n) is 5.17. The zero-order chi connectivity index (χ0) is 16.2. The van der Waals surface area contributed by atoms with Crippen LogP contribution in [0.2, 0.25) is 0 Å². The zero-order valence-corrected chi connectivity index (χ0v) is 13.9. The van der Waals surface area contributed by atoms with E-state index in [4.69, 9.17) is 0 Å². The van der Waals surface area contributed by atoms with Crippen LogP contribution in [0.1, 0.15) is 19.4 Å². The Kier molecular flexibility index (Phi) is 5.88. The van der Waals surface area contributed by atoms with Crippen LogP contribution in [0.4, 0.5) is 5.69 Å². The van der Waals surface area contributed by atoms with Crippen LogP contribution in [0.5, 0.6) is 0 Å². The molecule has 0 bridgehead atoms. The Morgan fingerprint density at radius 1 is 1.33 bits per heavy atom. The van der Waals surface area contributed by atoms with Crippen molar-refractivity contribution in [1.29, 1.82) is 0 Å². The molecule has 1 amide bonds. The molecule has 1 rings (SSSR count). The molecule has 0 unspecified atom stereocenters.